The van der Waals surface area contributed by atoms with Gasteiger partial charge in [-0.3, -0.25) is 0 Å². The largest absolute Gasteiger partial charge is 0.456 e. The van der Waals surface area contributed by atoms with Crippen molar-refractivity contribution < 1.29 is 4.42 Å². The molecular formula is C46H28O. The molecule has 0 aliphatic rings. The first-order chi connectivity index (χ1) is 23.3. The molecule has 0 bridgehead atoms. The zero-order valence-electron chi connectivity index (χ0n) is 25.6. The van der Waals surface area contributed by atoms with Crippen LogP contribution in [0.15, 0.2) is 174 Å². The third-order valence-electron chi connectivity index (χ3n) is 9.81. The van der Waals surface area contributed by atoms with Crippen LogP contribution in [0, 0.1) is 0 Å². The summed E-state index contributed by atoms with van der Waals surface area (Å²) in [5, 5.41) is 12.2. The van der Waals surface area contributed by atoms with Crippen molar-refractivity contribution in [2.45, 2.75) is 0 Å². The van der Waals surface area contributed by atoms with Gasteiger partial charge in [0, 0.05) is 10.8 Å². The fourth-order valence-corrected chi connectivity index (χ4v) is 7.67. The summed E-state index contributed by atoms with van der Waals surface area (Å²) in [5.74, 6) is 0. The van der Waals surface area contributed by atoms with Gasteiger partial charge in [0.05, 0.1) is 0 Å². The van der Waals surface area contributed by atoms with Crippen molar-refractivity contribution in [3.8, 4) is 33.4 Å². The van der Waals surface area contributed by atoms with Crippen molar-refractivity contribution in [1.29, 1.82) is 0 Å². The van der Waals surface area contributed by atoms with Crippen LogP contribution >= 0.6 is 0 Å². The molecule has 10 aromatic rings. The van der Waals surface area contributed by atoms with Crippen LogP contribution in [0.4, 0.5) is 0 Å². The van der Waals surface area contributed by atoms with E-state index >= 15 is 0 Å². The summed E-state index contributed by atoms with van der Waals surface area (Å²) in [5.41, 5.74) is 9.24. The molecule has 47 heavy (non-hydrogen) atoms. The van der Waals surface area contributed by atoms with Crippen LogP contribution in [0.25, 0.3) is 98.4 Å². The number of furan rings is 1. The Morgan fingerprint density at radius 3 is 1.66 bits per heavy atom. The lowest BCUT2D eigenvalue weighted by Gasteiger charge is -2.19. The molecule has 10 rings (SSSR count). The molecule has 0 spiro atoms. The number of hydrogen-bond donors (Lipinski definition) is 0. The van der Waals surface area contributed by atoms with E-state index < -0.39 is 0 Å². The first kappa shape index (κ1) is 26.1. The third-order valence-corrected chi connectivity index (χ3v) is 9.81. The lowest BCUT2D eigenvalue weighted by atomic mass is 9.84. The van der Waals surface area contributed by atoms with Gasteiger partial charge in [0.1, 0.15) is 11.2 Å². The van der Waals surface area contributed by atoms with Crippen molar-refractivity contribution in [2.24, 2.45) is 0 Å². The van der Waals surface area contributed by atoms with Crippen LogP contribution in [0.5, 0.6) is 0 Å². The molecule has 0 atom stereocenters. The summed E-state index contributed by atoms with van der Waals surface area (Å²) in [7, 11) is 0. The fraction of sp³-hybridized carbons (Fsp3) is 0. The van der Waals surface area contributed by atoms with E-state index in [1.165, 1.54) is 76.5 Å². The maximum Gasteiger partial charge on any atom is 0.136 e. The zero-order chi connectivity index (χ0) is 30.9. The monoisotopic (exact) mass is 596 g/mol. The molecule has 1 heteroatoms. The minimum atomic E-state index is 0.918. The summed E-state index contributed by atoms with van der Waals surface area (Å²) in [6.45, 7) is 0. The van der Waals surface area contributed by atoms with Crippen molar-refractivity contribution in [3.63, 3.8) is 0 Å². The van der Waals surface area contributed by atoms with Gasteiger partial charge in [0.15, 0.2) is 0 Å². The molecule has 1 aromatic heterocycles. The minimum Gasteiger partial charge on any atom is -0.456 e. The number of fused-ring (bicyclic) bond motifs is 7. The Kier molecular flexibility index (Phi) is 5.64. The van der Waals surface area contributed by atoms with E-state index in [0.29, 0.717) is 0 Å². The predicted octanol–water partition coefficient (Wildman–Crippen LogP) is 13.2. The number of para-hydroxylation sites is 1. The van der Waals surface area contributed by atoms with Gasteiger partial charge in [-0.25, -0.2) is 0 Å². The number of hydrogen-bond acceptors (Lipinski definition) is 1. The van der Waals surface area contributed by atoms with Gasteiger partial charge in [-0.15, -0.1) is 0 Å². The third kappa shape index (κ3) is 4.03. The maximum atomic E-state index is 6.37. The second-order valence-corrected chi connectivity index (χ2v) is 12.5. The average Bonchev–Trinajstić information content (AvgIpc) is 3.50. The highest BCUT2D eigenvalue weighted by molar-refractivity contribution is 6.24. The van der Waals surface area contributed by atoms with Gasteiger partial charge in [-0.2, -0.15) is 0 Å². The SMILES string of the molecule is c1cc(-c2ccc3ccccc3c2)cc(-c2c3ccccc3c(-c3cccc4cc5c(cc34)oc3ccccc35)c3ccccc23)c1. The quantitative estimate of drug-likeness (QED) is 0.185. The highest BCUT2D eigenvalue weighted by atomic mass is 16.3. The molecule has 0 aliphatic heterocycles. The van der Waals surface area contributed by atoms with Crippen LogP contribution in [0.2, 0.25) is 0 Å². The Morgan fingerprint density at radius 1 is 0.277 bits per heavy atom. The first-order valence-corrected chi connectivity index (χ1v) is 16.2. The summed E-state index contributed by atoms with van der Waals surface area (Å²) in [6.07, 6.45) is 0. The van der Waals surface area contributed by atoms with Crippen LogP contribution in [0.1, 0.15) is 0 Å². The standard InChI is InChI=1S/C46H28O/c1-2-12-30-25-32(24-23-29(30)11-1)31-13-9-15-34(26-31)45-36-17-3-5-19-38(36)46(39-20-6-4-18-37(39)45)40-21-10-14-33-27-42-35-16-7-8-22-43(35)47-44(42)28-41(33)40/h1-28H. The summed E-state index contributed by atoms with van der Waals surface area (Å²) in [6, 6.07) is 61.7. The van der Waals surface area contributed by atoms with E-state index in [1.807, 2.05) is 6.07 Å². The van der Waals surface area contributed by atoms with Gasteiger partial charge < -0.3 is 4.42 Å². The van der Waals surface area contributed by atoms with Gasteiger partial charge in [0.25, 0.3) is 0 Å². The van der Waals surface area contributed by atoms with E-state index in [0.717, 1.165) is 21.9 Å². The number of rotatable bonds is 3. The molecular weight excluding hydrogens is 569 g/mol. The van der Waals surface area contributed by atoms with Crippen molar-refractivity contribution in [2.75, 3.05) is 0 Å². The molecule has 0 N–H and O–H groups in total. The summed E-state index contributed by atoms with van der Waals surface area (Å²) in [4.78, 5) is 0. The molecule has 0 aliphatic carbocycles. The molecule has 1 nitrogen and oxygen atoms in total. The Bertz CT molecular complexity index is 2800. The second kappa shape index (κ2) is 10.2. The first-order valence-electron chi connectivity index (χ1n) is 16.2. The summed E-state index contributed by atoms with van der Waals surface area (Å²) < 4.78 is 6.37. The lowest BCUT2D eigenvalue weighted by molar-refractivity contribution is 0.669. The molecule has 1 heterocycles. The summed E-state index contributed by atoms with van der Waals surface area (Å²) >= 11 is 0. The molecule has 9 aromatic carbocycles. The molecule has 0 radical (unpaired) electrons. The van der Waals surface area contributed by atoms with E-state index in [4.69, 9.17) is 4.42 Å². The molecule has 0 unspecified atom stereocenters. The topological polar surface area (TPSA) is 13.1 Å². The highest BCUT2D eigenvalue weighted by Crippen LogP contribution is 2.46. The van der Waals surface area contributed by atoms with Gasteiger partial charge in [0.2, 0.25) is 0 Å². The van der Waals surface area contributed by atoms with Gasteiger partial charge in [-0.1, -0.05) is 140 Å². The second-order valence-electron chi connectivity index (χ2n) is 12.5. The van der Waals surface area contributed by atoms with Crippen molar-refractivity contribution >= 4 is 65.0 Å². The molecule has 218 valence electrons. The van der Waals surface area contributed by atoms with Crippen LogP contribution in [-0.4, -0.2) is 0 Å². The molecule has 0 amide bonds. The Morgan fingerprint density at radius 2 is 0.872 bits per heavy atom. The average molecular weight is 597 g/mol. The molecule has 0 fully saturated rings. The molecule has 0 saturated heterocycles. The Hall–Kier alpha value is -6.18. The fourth-order valence-electron chi connectivity index (χ4n) is 7.67. The van der Waals surface area contributed by atoms with Crippen LogP contribution in [0.3, 0.4) is 0 Å². The zero-order valence-corrected chi connectivity index (χ0v) is 25.6. The highest BCUT2D eigenvalue weighted by Gasteiger charge is 2.19. The van der Waals surface area contributed by atoms with E-state index in [9.17, 15) is 0 Å². The molecule has 0 saturated carbocycles. The van der Waals surface area contributed by atoms with Crippen molar-refractivity contribution in [1.82, 2.24) is 0 Å². The van der Waals surface area contributed by atoms with Crippen LogP contribution < -0.4 is 0 Å². The van der Waals surface area contributed by atoms with E-state index in [-0.39, 0.29) is 0 Å². The van der Waals surface area contributed by atoms with E-state index in [2.05, 4.69) is 164 Å². The normalized spacial score (nSPS) is 11.8. The number of benzene rings is 9. The Balaban J connectivity index is 1.24. The van der Waals surface area contributed by atoms with Crippen molar-refractivity contribution in [3.05, 3.63) is 170 Å². The smallest absolute Gasteiger partial charge is 0.136 e. The maximum absolute atomic E-state index is 6.37. The lowest BCUT2D eigenvalue weighted by Crippen LogP contribution is -1.92. The van der Waals surface area contributed by atoms with Crippen LogP contribution in [-0.2, 0) is 0 Å². The minimum absolute atomic E-state index is 0.918. The predicted molar refractivity (Wildman–Crippen MR) is 200 cm³/mol. The van der Waals surface area contributed by atoms with Gasteiger partial charge in [-0.05, 0) is 107 Å². The Labute approximate surface area is 271 Å². The van der Waals surface area contributed by atoms with Gasteiger partial charge >= 0.3 is 0 Å². The van der Waals surface area contributed by atoms with E-state index in [1.54, 1.807) is 0 Å².